The lowest BCUT2D eigenvalue weighted by atomic mass is 9.92. The molecule has 2 aromatic heterocycles. The number of hydrogen-bond donors (Lipinski definition) is 2. The van der Waals surface area contributed by atoms with Crippen LogP contribution in [0.2, 0.25) is 0 Å². The van der Waals surface area contributed by atoms with Gasteiger partial charge in [-0.15, -0.1) is 11.3 Å². The smallest absolute Gasteiger partial charge is 0.242 e. The molecule has 0 saturated carbocycles. The highest BCUT2D eigenvalue weighted by atomic mass is 32.1. The second-order valence-electron chi connectivity index (χ2n) is 4.31. The van der Waals surface area contributed by atoms with Gasteiger partial charge in [-0.2, -0.15) is 0 Å². The van der Waals surface area contributed by atoms with Crippen molar-refractivity contribution in [2.24, 2.45) is 5.73 Å². The van der Waals surface area contributed by atoms with E-state index >= 15 is 0 Å². The van der Waals surface area contributed by atoms with Crippen molar-refractivity contribution in [3.05, 3.63) is 52.2 Å². The van der Waals surface area contributed by atoms with Crippen molar-refractivity contribution < 1.29 is 9.18 Å². The monoisotopic (exact) mass is 279 g/mol. The molecule has 1 atom stereocenters. The number of halogens is 1. The SMILES string of the molecule is CC(NCc1cccs1)(C(N)=O)c1cncc(F)c1. The molecule has 0 aliphatic heterocycles. The summed E-state index contributed by atoms with van der Waals surface area (Å²) in [5.41, 5.74) is 4.70. The van der Waals surface area contributed by atoms with Crippen molar-refractivity contribution in [1.82, 2.24) is 10.3 Å². The highest BCUT2D eigenvalue weighted by Crippen LogP contribution is 2.21. The zero-order chi connectivity index (χ0) is 13.9. The maximum atomic E-state index is 13.2. The third kappa shape index (κ3) is 2.97. The van der Waals surface area contributed by atoms with Crippen molar-refractivity contribution in [1.29, 1.82) is 0 Å². The van der Waals surface area contributed by atoms with Crippen LogP contribution >= 0.6 is 11.3 Å². The largest absolute Gasteiger partial charge is 0.368 e. The maximum Gasteiger partial charge on any atom is 0.242 e. The lowest BCUT2D eigenvalue weighted by molar-refractivity contribution is -0.124. The second kappa shape index (κ2) is 5.46. The molecule has 0 spiro atoms. The van der Waals surface area contributed by atoms with E-state index in [9.17, 15) is 9.18 Å². The van der Waals surface area contributed by atoms with E-state index in [4.69, 9.17) is 5.73 Å². The molecule has 3 N–H and O–H groups in total. The van der Waals surface area contributed by atoms with Gasteiger partial charge in [-0.3, -0.25) is 15.1 Å². The standard InChI is InChI=1S/C13H14FN3OS/c1-13(12(15)18,9-5-10(14)7-16-6-9)17-8-11-3-2-4-19-11/h2-7,17H,8H2,1H3,(H2,15,18). The number of aromatic nitrogens is 1. The minimum Gasteiger partial charge on any atom is -0.368 e. The molecule has 1 amide bonds. The molecular formula is C13H14FN3OS. The number of nitrogens with two attached hydrogens (primary N) is 1. The minimum absolute atomic E-state index is 0.413. The predicted molar refractivity (Wildman–Crippen MR) is 71.9 cm³/mol. The maximum absolute atomic E-state index is 13.2. The van der Waals surface area contributed by atoms with Crippen LogP contribution in [0.3, 0.4) is 0 Å². The van der Waals surface area contributed by atoms with Gasteiger partial charge in [0.25, 0.3) is 0 Å². The third-order valence-electron chi connectivity index (χ3n) is 2.97. The van der Waals surface area contributed by atoms with E-state index < -0.39 is 17.3 Å². The van der Waals surface area contributed by atoms with Gasteiger partial charge in [-0.1, -0.05) is 6.07 Å². The summed E-state index contributed by atoms with van der Waals surface area (Å²) in [6, 6.07) is 5.13. The number of thiophene rings is 1. The Labute approximate surface area is 114 Å². The molecule has 100 valence electrons. The van der Waals surface area contributed by atoms with E-state index in [1.54, 1.807) is 18.3 Å². The molecule has 0 bridgehead atoms. The summed E-state index contributed by atoms with van der Waals surface area (Å²) >= 11 is 1.57. The normalized spacial score (nSPS) is 14.0. The highest BCUT2D eigenvalue weighted by molar-refractivity contribution is 7.09. The Morgan fingerprint density at radius 3 is 2.95 bits per heavy atom. The minimum atomic E-state index is -1.15. The average Bonchev–Trinajstić information content (AvgIpc) is 2.88. The molecule has 0 fully saturated rings. The Morgan fingerprint density at radius 1 is 1.58 bits per heavy atom. The number of carbonyl (C=O) groups is 1. The van der Waals surface area contributed by atoms with Crippen molar-refractivity contribution >= 4 is 17.2 Å². The van der Waals surface area contributed by atoms with E-state index in [-0.39, 0.29) is 0 Å². The van der Waals surface area contributed by atoms with Crippen LogP contribution in [0.1, 0.15) is 17.4 Å². The van der Waals surface area contributed by atoms with Crippen molar-refractivity contribution in [2.45, 2.75) is 19.0 Å². The first-order valence-electron chi connectivity index (χ1n) is 5.71. The number of carbonyl (C=O) groups excluding carboxylic acids is 1. The molecule has 19 heavy (non-hydrogen) atoms. The number of primary amides is 1. The molecule has 0 aliphatic carbocycles. The summed E-state index contributed by atoms with van der Waals surface area (Å²) in [5, 5.41) is 5.02. The van der Waals surface area contributed by atoms with Crippen LogP contribution < -0.4 is 11.1 Å². The Balaban J connectivity index is 2.24. The average molecular weight is 279 g/mol. The lowest BCUT2D eigenvalue weighted by Gasteiger charge is -2.27. The van der Waals surface area contributed by atoms with Gasteiger partial charge in [0.1, 0.15) is 11.4 Å². The Bertz CT molecular complexity index is 573. The van der Waals surface area contributed by atoms with Gasteiger partial charge >= 0.3 is 0 Å². The Morgan fingerprint density at radius 2 is 2.37 bits per heavy atom. The quantitative estimate of drug-likeness (QED) is 0.876. The van der Waals surface area contributed by atoms with E-state index in [2.05, 4.69) is 10.3 Å². The fourth-order valence-corrected chi connectivity index (χ4v) is 2.34. The molecule has 2 aromatic rings. The second-order valence-corrected chi connectivity index (χ2v) is 5.35. The first kappa shape index (κ1) is 13.6. The van der Waals surface area contributed by atoms with Crippen LogP contribution in [0.25, 0.3) is 0 Å². The molecule has 2 rings (SSSR count). The summed E-state index contributed by atoms with van der Waals surface area (Å²) in [6.45, 7) is 2.10. The van der Waals surface area contributed by atoms with Gasteiger partial charge in [-0.25, -0.2) is 4.39 Å². The lowest BCUT2D eigenvalue weighted by Crippen LogP contribution is -2.50. The number of hydrogen-bond acceptors (Lipinski definition) is 4. The van der Waals surface area contributed by atoms with Crippen LogP contribution in [-0.2, 0) is 16.9 Å². The van der Waals surface area contributed by atoms with Crippen LogP contribution in [-0.4, -0.2) is 10.9 Å². The molecule has 0 saturated heterocycles. The van der Waals surface area contributed by atoms with Crippen molar-refractivity contribution in [2.75, 3.05) is 0 Å². The zero-order valence-electron chi connectivity index (χ0n) is 10.4. The van der Waals surface area contributed by atoms with Crippen molar-refractivity contribution in [3.63, 3.8) is 0 Å². The number of pyridine rings is 1. The van der Waals surface area contributed by atoms with Crippen molar-refractivity contribution in [3.8, 4) is 0 Å². The zero-order valence-corrected chi connectivity index (χ0v) is 11.2. The van der Waals surface area contributed by atoms with E-state index in [1.807, 2.05) is 17.5 Å². The van der Waals surface area contributed by atoms with Gasteiger partial charge in [0.2, 0.25) is 5.91 Å². The summed E-state index contributed by atoms with van der Waals surface area (Å²) in [5.74, 6) is -1.07. The summed E-state index contributed by atoms with van der Waals surface area (Å²) in [4.78, 5) is 16.5. The predicted octanol–water partition coefficient (Wildman–Crippen LogP) is 1.77. The number of nitrogens with zero attached hydrogens (tertiary/aromatic N) is 1. The molecule has 6 heteroatoms. The van der Waals surface area contributed by atoms with Gasteiger partial charge < -0.3 is 5.73 Å². The van der Waals surface area contributed by atoms with Crippen LogP contribution in [0.15, 0.2) is 36.0 Å². The Kier molecular flexibility index (Phi) is 3.92. The van der Waals surface area contributed by atoms with Gasteiger partial charge in [0.15, 0.2) is 0 Å². The van der Waals surface area contributed by atoms with E-state index in [1.165, 1.54) is 12.3 Å². The first-order chi connectivity index (χ1) is 9.02. The Hall–Kier alpha value is -1.79. The number of rotatable bonds is 5. The molecule has 4 nitrogen and oxygen atoms in total. The third-order valence-corrected chi connectivity index (χ3v) is 3.85. The van der Waals surface area contributed by atoms with Gasteiger partial charge in [-0.05, 0) is 24.4 Å². The fraction of sp³-hybridized carbons (Fsp3) is 0.231. The van der Waals surface area contributed by atoms with Gasteiger partial charge in [0.05, 0.1) is 6.20 Å². The summed E-state index contributed by atoms with van der Waals surface area (Å²) < 4.78 is 13.2. The molecule has 0 radical (unpaired) electrons. The molecular weight excluding hydrogens is 265 g/mol. The fourth-order valence-electron chi connectivity index (χ4n) is 1.69. The molecule has 0 aliphatic rings. The molecule has 1 unspecified atom stereocenters. The highest BCUT2D eigenvalue weighted by Gasteiger charge is 2.33. The summed E-state index contributed by atoms with van der Waals surface area (Å²) in [7, 11) is 0. The molecule has 2 heterocycles. The van der Waals surface area contributed by atoms with Gasteiger partial charge in [0, 0.05) is 23.2 Å². The van der Waals surface area contributed by atoms with Crippen LogP contribution in [0.5, 0.6) is 0 Å². The summed E-state index contributed by atoms with van der Waals surface area (Å²) in [6.07, 6.45) is 2.53. The number of nitrogens with one attached hydrogen (secondary N) is 1. The molecule has 0 aromatic carbocycles. The first-order valence-corrected chi connectivity index (χ1v) is 6.58. The number of amides is 1. The van der Waals surface area contributed by atoms with Crippen LogP contribution in [0.4, 0.5) is 4.39 Å². The van der Waals surface area contributed by atoms with E-state index in [0.29, 0.717) is 12.1 Å². The van der Waals surface area contributed by atoms with E-state index in [0.717, 1.165) is 11.1 Å². The van der Waals surface area contributed by atoms with Crippen LogP contribution in [0, 0.1) is 5.82 Å². The topological polar surface area (TPSA) is 68.0 Å².